The Morgan fingerprint density at radius 1 is 1.08 bits per heavy atom. The van der Waals surface area contributed by atoms with E-state index in [1.54, 1.807) is 17.0 Å². The van der Waals surface area contributed by atoms with E-state index in [0.29, 0.717) is 24.3 Å². The molecule has 1 N–H and O–H groups in total. The molecule has 0 aliphatic heterocycles. The van der Waals surface area contributed by atoms with Gasteiger partial charge in [-0.1, -0.05) is 26.0 Å². The number of anilines is 1. The highest BCUT2D eigenvalue weighted by Gasteiger charge is 2.17. The molecule has 138 valence electrons. The van der Waals surface area contributed by atoms with Gasteiger partial charge in [-0.15, -0.1) is 0 Å². The molecule has 0 atom stereocenters. The summed E-state index contributed by atoms with van der Waals surface area (Å²) >= 11 is 0. The van der Waals surface area contributed by atoms with Gasteiger partial charge in [-0.25, -0.2) is 0 Å². The molecule has 0 radical (unpaired) electrons. The van der Waals surface area contributed by atoms with Crippen molar-refractivity contribution in [1.29, 1.82) is 0 Å². The SMILES string of the molecule is CCCN(CCC)C(=O)c1cc(C(=O)Nc2cccc(C)c2C)ccn1. The topological polar surface area (TPSA) is 62.3 Å². The van der Waals surface area contributed by atoms with Crippen molar-refractivity contribution in [2.75, 3.05) is 18.4 Å². The standard InChI is InChI=1S/C21H27N3O2/c1-5-12-24(13-6-2)21(26)19-14-17(10-11-22-19)20(25)23-18-9-7-8-15(3)16(18)4/h7-11,14H,5-6,12-13H2,1-4H3,(H,23,25). The van der Waals surface area contributed by atoms with Crippen molar-refractivity contribution in [3.05, 3.63) is 58.9 Å². The van der Waals surface area contributed by atoms with Gasteiger partial charge in [-0.2, -0.15) is 0 Å². The van der Waals surface area contributed by atoms with E-state index in [1.165, 1.54) is 6.20 Å². The first-order valence-corrected chi connectivity index (χ1v) is 9.10. The zero-order valence-electron chi connectivity index (χ0n) is 16.0. The van der Waals surface area contributed by atoms with Crippen molar-refractivity contribution in [1.82, 2.24) is 9.88 Å². The summed E-state index contributed by atoms with van der Waals surface area (Å²) in [5, 5.41) is 2.92. The molecular weight excluding hydrogens is 326 g/mol. The molecule has 2 amide bonds. The van der Waals surface area contributed by atoms with Crippen LogP contribution in [0, 0.1) is 13.8 Å². The fraction of sp³-hybridized carbons (Fsp3) is 0.381. The Labute approximate surface area is 155 Å². The Kier molecular flexibility index (Phi) is 6.89. The molecule has 1 aromatic carbocycles. The van der Waals surface area contributed by atoms with Crippen LogP contribution < -0.4 is 5.32 Å². The molecule has 2 rings (SSSR count). The lowest BCUT2D eigenvalue weighted by atomic mass is 10.1. The maximum atomic E-state index is 12.7. The van der Waals surface area contributed by atoms with Crippen LogP contribution >= 0.6 is 0 Å². The molecule has 0 saturated heterocycles. The number of aromatic nitrogens is 1. The summed E-state index contributed by atoms with van der Waals surface area (Å²) in [4.78, 5) is 31.3. The highest BCUT2D eigenvalue weighted by atomic mass is 16.2. The lowest BCUT2D eigenvalue weighted by Crippen LogP contribution is -2.33. The zero-order valence-corrected chi connectivity index (χ0v) is 16.0. The smallest absolute Gasteiger partial charge is 0.272 e. The van der Waals surface area contributed by atoms with E-state index in [9.17, 15) is 9.59 Å². The number of carbonyl (C=O) groups excluding carboxylic acids is 2. The summed E-state index contributed by atoms with van der Waals surface area (Å²) in [7, 11) is 0. The summed E-state index contributed by atoms with van der Waals surface area (Å²) in [5.74, 6) is -0.372. The Bertz CT molecular complexity index is 781. The van der Waals surface area contributed by atoms with E-state index in [-0.39, 0.29) is 11.8 Å². The predicted molar refractivity (Wildman–Crippen MR) is 105 cm³/mol. The molecule has 0 unspecified atom stereocenters. The first-order valence-electron chi connectivity index (χ1n) is 9.10. The van der Waals surface area contributed by atoms with Crippen LogP contribution in [0.2, 0.25) is 0 Å². The second kappa shape index (κ2) is 9.13. The Morgan fingerprint density at radius 2 is 1.77 bits per heavy atom. The van der Waals surface area contributed by atoms with E-state index in [1.807, 2.05) is 45.9 Å². The molecule has 0 fully saturated rings. The minimum atomic E-state index is -0.243. The summed E-state index contributed by atoms with van der Waals surface area (Å²) in [6.07, 6.45) is 3.29. The molecule has 5 heteroatoms. The van der Waals surface area contributed by atoms with Crippen molar-refractivity contribution < 1.29 is 9.59 Å². The summed E-state index contributed by atoms with van der Waals surface area (Å²) < 4.78 is 0. The number of nitrogens with one attached hydrogen (secondary N) is 1. The van der Waals surface area contributed by atoms with Crippen LogP contribution in [0.15, 0.2) is 36.5 Å². The van der Waals surface area contributed by atoms with Gasteiger partial charge in [0.05, 0.1) is 0 Å². The average molecular weight is 353 g/mol. The molecular formula is C21H27N3O2. The number of aryl methyl sites for hydroxylation is 1. The van der Waals surface area contributed by atoms with Gasteiger partial charge >= 0.3 is 0 Å². The number of benzene rings is 1. The summed E-state index contributed by atoms with van der Waals surface area (Å²) in [6.45, 7) is 9.43. The van der Waals surface area contributed by atoms with Crippen molar-refractivity contribution in [3.8, 4) is 0 Å². The van der Waals surface area contributed by atoms with Crippen molar-refractivity contribution in [3.63, 3.8) is 0 Å². The van der Waals surface area contributed by atoms with Crippen LogP contribution in [0.1, 0.15) is 58.7 Å². The second-order valence-electron chi connectivity index (χ2n) is 6.42. The van der Waals surface area contributed by atoms with E-state index in [2.05, 4.69) is 10.3 Å². The number of amides is 2. The van der Waals surface area contributed by atoms with Gasteiger partial charge in [0.15, 0.2) is 0 Å². The first kappa shape index (κ1) is 19.6. The van der Waals surface area contributed by atoms with Gasteiger partial charge in [0.1, 0.15) is 5.69 Å². The van der Waals surface area contributed by atoms with Gasteiger partial charge in [-0.3, -0.25) is 14.6 Å². The lowest BCUT2D eigenvalue weighted by molar-refractivity contribution is 0.0749. The van der Waals surface area contributed by atoms with Gasteiger partial charge < -0.3 is 10.2 Å². The van der Waals surface area contributed by atoms with Crippen molar-refractivity contribution in [2.24, 2.45) is 0 Å². The third kappa shape index (κ3) is 4.69. The molecule has 0 spiro atoms. The average Bonchev–Trinajstić information content (AvgIpc) is 2.65. The van der Waals surface area contributed by atoms with E-state index in [4.69, 9.17) is 0 Å². The minimum absolute atomic E-state index is 0.130. The third-order valence-corrected chi connectivity index (χ3v) is 4.37. The van der Waals surface area contributed by atoms with Crippen LogP contribution in [-0.4, -0.2) is 34.8 Å². The number of rotatable bonds is 7. The van der Waals surface area contributed by atoms with Crippen LogP contribution in [0.3, 0.4) is 0 Å². The van der Waals surface area contributed by atoms with Crippen LogP contribution in [0.5, 0.6) is 0 Å². The number of pyridine rings is 1. The molecule has 1 aromatic heterocycles. The summed E-state index contributed by atoms with van der Waals surface area (Å²) in [5.41, 5.74) is 3.66. The monoisotopic (exact) mass is 353 g/mol. The molecule has 2 aromatic rings. The Morgan fingerprint density at radius 3 is 2.42 bits per heavy atom. The fourth-order valence-corrected chi connectivity index (χ4v) is 2.79. The molecule has 0 aliphatic rings. The number of hydrogen-bond donors (Lipinski definition) is 1. The van der Waals surface area contributed by atoms with Crippen LogP contribution in [0.4, 0.5) is 5.69 Å². The third-order valence-electron chi connectivity index (χ3n) is 4.37. The highest BCUT2D eigenvalue weighted by molar-refractivity contribution is 6.06. The first-order chi connectivity index (χ1) is 12.5. The Balaban J connectivity index is 2.21. The number of hydrogen-bond acceptors (Lipinski definition) is 3. The zero-order chi connectivity index (χ0) is 19.1. The van der Waals surface area contributed by atoms with E-state index >= 15 is 0 Å². The minimum Gasteiger partial charge on any atom is -0.337 e. The van der Waals surface area contributed by atoms with E-state index < -0.39 is 0 Å². The highest BCUT2D eigenvalue weighted by Crippen LogP contribution is 2.19. The molecule has 0 bridgehead atoms. The Hall–Kier alpha value is -2.69. The van der Waals surface area contributed by atoms with Crippen molar-refractivity contribution in [2.45, 2.75) is 40.5 Å². The quantitative estimate of drug-likeness (QED) is 0.811. The van der Waals surface area contributed by atoms with Crippen LogP contribution in [-0.2, 0) is 0 Å². The van der Waals surface area contributed by atoms with Gasteiger partial charge in [0, 0.05) is 30.5 Å². The molecule has 26 heavy (non-hydrogen) atoms. The lowest BCUT2D eigenvalue weighted by Gasteiger charge is -2.21. The second-order valence-corrected chi connectivity index (χ2v) is 6.42. The normalized spacial score (nSPS) is 10.5. The summed E-state index contributed by atoms with van der Waals surface area (Å²) in [6, 6.07) is 8.98. The van der Waals surface area contributed by atoms with Crippen LogP contribution in [0.25, 0.3) is 0 Å². The largest absolute Gasteiger partial charge is 0.337 e. The van der Waals surface area contributed by atoms with Crippen molar-refractivity contribution >= 4 is 17.5 Å². The molecule has 0 aliphatic carbocycles. The van der Waals surface area contributed by atoms with Gasteiger partial charge in [0.25, 0.3) is 11.8 Å². The molecule has 1 heterocycles. The predicted octanol–water partition coefficient (Wildman–Crippen LogP) is 4.21. The molecule has 5 nitrogen and oxygen atoms in total. The maximum Gasteiger partial charge on any atom is 0.272 e. The number of nitrogens with zero attached hydrogens (tertiary/aromatic N) is 2. The molecule has 0 saturated carbocycles. The van der Waals surface area contributed by atoms with E-state index in [0.717, 1.165) is 29.7 Å². The van der Waals surface area contributed by atoms with Gasteiger partial charge in [-0.05, 0) is 56.0 Å². The van der Waals surface area contributed by atoms with Gasteiger partial charge in [0.2, 0.25) is 0 Å². The fourth-order valence-electron chi connectivity index (χ4n) is 2.79. The maximum absolute atomic E-state index is 12.7. The number of carbonyl (C=O) groups is 2.